The molecule has 0 amide bonds. The van der Waals surface area contributed by atoms with Gasteiger partial charge in [-0.25, -0.2) is 0 Å². The number of nitroso groups, excluding NO2 is 1. The molecular formula is C38H28N8O16S4. The summed E-state index contributed by atoms with van der Waals surface area (Å²) in [5.41, 5.74) is -1.26. The molecule has 4 aromatic carbocycles. The molecule has 0 aliphatic heterocycles. The van der Waals surface area contributed by atoms with E-state index in [0.717, 1.165) is 85.0 Å². The first-order valence-corrected chi connectivity index (χ1v) is 23.6. The number of hydrogen-bond acceptors (Lipinski definition) is 16. The minimum absolute atomic E-state index is 0.0562. The fourth-order valence-electron chi connectivity index (χ4n) is 5.51. The summed E-state index contributed by atoms with van der Waals surface area (Å²) in [4.78, 5) is 10.9. The lowest BCUT2D eigenvalue weighted by atomic mass is 10.0. The van der Waals surface area contributed by atoms with Gasteiger partial charge in [-0.3, -0.25) is 18.2 Å². The third-order valence-electron chi connectivity index (χ3n) is 8.67. The van der Waals surface area contributed by atoms with Gasteiger partial charge in [-0.2, -0.15) is 38.8 Å². The van der Waals surface area contributed by atoms with Gasteiger partial charge in [0, 0.05) is 52.3 Å². The topological polar surface area (TPSA) is 365 Å². The van der Waals surface area contributed by atoms with Crippen LogP contribution >= 0.6 is 0 Å². The summed E-state index contributed by atoms with van der Waals surface area (Å²) >= 11 is 0. The fraction of sp³-hybridized carbons (Fsp3) is 0. The Morgan fingerprint density at radius 1 is 0.500 bits per heavy atom. The van der Waals surface area contributed by atoms with Crippen LogP contribution in [0.4, 0.5) is 34.1 Å². The number of allylic oxidation sites excluding steroid dienone is 10. The molecule has 0 aromatic heterocycles. The number of nitrogens with zero attached hydrogens (tertiary/aromatic N) is 8. The monoisotopic (exact) mass is 980 g/mol. The van der Waals surface area contributed by atoms with Crippen LogP contribution in [0.2, 0.25) is 0 Å². The SMILES string of the molecule is O=[N+](/N=C1C=C/C(=C/C=C2C=C/C(=N\N([O-])c3ccc(N=[N+]([O-])c4ccc(S(=O)(=O)O)cc4)cc3)C=C\2S(=O)(=O)O)C(S(=O)(=O)O)=C\1)c1ccc(N=[N+]([O-])c2ccc(S(=O)(=O)O)cc2)cc1. The third kappa shape index (κ3) is 12.2. The molecule has 2 aliphatic rings. The number of anilines is 1. The summed E-state index contributed by atoms with van der Waals surface area (Å²) in [6, 6.07) is 18.3. The second-order valence-electron chi connectivity index (χ2n) is 13.2. The number of azo groups is 2. The number of hydrazone groups is 2. The van der Waals surface area contributed by atoms with Gasteiger partial charge in [-0.1, -0.05) is 34.0 Å². The normalized spacial score (nSPS) is 17.6. The average molecular weight is 981 g/mol. The van der Waals surface area contributed by atoms with Crippen LogP contribution in [0, 0.1) is 20.5 Å². The van der Waals surface area contributed by atoms with Crippen LogP contribution in [-0.2, 0) is 40.5 Å². The molecule has 66 heavy (non-hydrogen) atoms. The molecule has 4 N–H and O–H groups in total. The molecule has 0 heterocycles. The lowest BCUT2D eigenvalue weighted by molar-refractivity contribution is -0.467. The number of hydrogen-bond donors (Lipinski definition) is 4. The van der Waals surface area contributed by atoms with Crippen molar-refractivity contribution in [1.82, 2.24) is 0 Å². The molecule has 0 atom stereocenters. The highest BCUT2D eigenvalue weighted by Crippen LogP contribution is 2.29. The molecular weight excluding hydrogens is 953 g/mol. The van der Waals surface area contributed by atoms with E-state index in [-0.39, 0.29) is 76.5 Å². The van der Waals surface area contributed by atoms with Gasteiger partial charge in [-0.05, 0) is 96.1 Å². The summed E-state index contributed by atoms with van der Waals surface area (Å²) in [5, 5.41) is 53.0. The second kappa shape index (κ2) is 18.9. The van der Waals surface area contributed by atoms with Gasteiger partial charge in [0.15, 0.2) is 4.87 Å². The first-order chi connectivity index (χ1) is 30.8. The van der Waals surface area contributed by atoms with Crippen molar-refractivity contribution in [3.63, 3.8) is 0 Å². The third-order valence-corrected chi connectivity index (χ3v) is 12.2. The summed E-state index contributed by atoms with van der Waals surface area (Å²) in [7, 11) is -19.0. The van der Waals surface area contributed by atoms with Crippen LogP contribution in [0.1, 0.15) is 0 Å². The zero-order valence-electron chi connectivity index (χ0n) is 32.8. The van der Waals surface area contributed by atoms with Gasteiger partial charge in [0.1, 0.15) is 26.9 Å². The predicted molar refractivity (Wildman–Crippen MR) is 234 cm³/mol. The summed E-state index contributed by atoms with van der Waals surface area (Å²) in [6.07, 6.45) is 8.44. The van der Waals surface area contributed by atoms with Crippen molar-refractivity contribution in [3.8, 4) is 0 Å². The van der Waals surface area contributed by atoms with E-state index in [1.54, 1.807) is 0 Å². The minimum atomic E-state index is -5.02. The van der Waals surface area contributed by atoms with Crippen molar-refractivity contribution >= 4 is 86.0 Å². The largest absolute Gasteiger partial charge is 0.737 e. The van der Waals surface area contributed by atoms with E-state index < -0.39 is 60.1 Å². The maximum Gasteiger partial charge on any atom is 0.295 e. The van der Waals surface area contributed by atoms with Crippen LogP contribution in [0.5, 0.6) is 0 Å². The molecule has 340 valence electrons. The predicted octanol–water partition coefficient (Wildman–Crippen LogP) is 6.69. The summed E-state index contributed by atoms with van der Waals surface area (Å²) in [6.45, 7) is 0. The quantitative estimate of drug-likeness (QED) is 0.0469. The van der Waals surface area contributed by atoms with E-state index >= 15 is 0 Å². The lowest BCUT2D eigenvalue weighted by Crippen LogP contribution is -2.14. The van der Waals surface area contributed by atoms with Gasteiger partial charge in [0.05, 0.1) is 25.5 Å². The van der Waals surface area contributed by atoms with E-state index in [1.165, 1.54) is 60.7 Å². The summed E-state index contributed by atoms with van der Waals surface area (Å²) in [5.74, 6) is 0. The fourth-order valence-corrected chi connectivity index (χ4v) is 7.87. The zero-order chi connectivity index (χ0) is 48.2. The second-order valence-corrected chi connectivity index (χ2v) is 18.8. The van der Waals surface area contributed by atoms with Crippen molar-refractivity contribution in [2.75, 3.05) is 5.17 Å². The first kappa shape index (κ1) is 47.9. The Morgan fingerprint density at radius 3 is 1.29 bits per heavy atom. The molecule has 0 unspecified atom stereocenters. The highest BCUT2D eigenvalue weighted by molar-refractivity contribution is 7.90. The molecule has 0 spiro atoms. The molecule has 0 saturated heterocycles. The van der Waals surface area contributed by atoms with E-state index in [4.69, 9.17) is 9.11 Å². The van der Waals surface area contributed by atoms with E-state index in [2.05, 4.69) is 20.4 Å². The van der Waals surface area contributed by atoms with Crippen molar-refractivity contribution in [1.29, 1.82) is 0 Å². The number of rotatable bonds is 13. The molecule has 4 aromatic rings. The highest BCUT2D eigenvalue weighted by Gasteiger charge is 2.25. The van der Waals surface area contributed by atoms with Crippen molar-refractivity contribution in [2.24, 2.45) is 20.4 Å². The van der Waals surface area contributed by atoms with E-state index in [1.807, 2.05) is 0 Å². The van der Waals surface area contributed by atoms with Crippen molar-refractivity contribution in [2.45, 2.75) is 9.79 Å². The van der Waals surface area contributed by atoms with Gasteiger partial charge in [-0.15, -0.1) is 0 Å². The molecule has 28 heteroatoms. The van der Waals surface area contributed by atoms with E-state index in [9.17, 15) is 63.3 Å². The smallest absolute Gasteiger partial charge is 0.295 e. The van der Waals surface area contributed by atoms with Crippen LogP contribution in [0.3, 0.4) is 0 Å². The maximum atomic E-state index is 12.9. The van der Waals surface area contributed by atoms with Gasteiger partial charge < -0.3 is 20.8 Å². The van der Waals surface area contributed by atoms with Gasteiger partial charge in [0.25, 0.3) is 46.2 Å². The lowest BCUT2D eigenvalue weighted by Gasteiger charge is -2.25. The van der Waals surface area contributed by atoms with E-state index in [0.29, 0.717) is 0 Å². The molecule has 0 radical (unpaired) electrons. The van der Waals surface area contributed by atoms with Crippen LogP contribution in [-0.4, -0.2) is 77.9 Å². The minimum Gasteiger partial charge on any atom is -0.737 e. The van der Waals surface area contributed by atoms with Gasteiger partial charge in [0.2, 0.25) is 11.4 Å². The average Bonchev–Trinajstić information content (AvgIpc) is 3.25. The molecule has 0 fully saturated rings. The molecule has 0 saturated carbocycles. The molecule has 6 rings (SSSR count). The zero-order valence-corrected chi connectivity index (χ0v) is 36.0. The maximum absolute atomic E-state index is 12.9. The van der Waals surface area contributed by atoms with Crippen LogP contribution in [0.25, 0.3) is 0 Å². The van der Waals surface area contributed by atoms with Crippen molar-refractivity contribution in [3.05, 3.63) is 187 Å². The Hall–Kier alpha value is -7.54. The Balaban J connectivity index is 1.16. The standard InChI is InChI=1S/C38H28N8O16S4/c47-43(33-15-19-35(20-16-33)63(51,52)53)39-27-7-11-31(12-8-27)45(49)41-29-5-3-25(37(23-29)65(57,58)59)1-2-26-4-6-30(24-38(26)66(60,61)62)42-46(50)32-13-9-28(10-14-32)40-44(48)34-17-21-36(22-18-34)64(54,55)56/h1-24H,(H,51,52,53)(H,54,55,56)(H,57,58,59)(H,60,61,62)/b25-1-,26-2+,41-29+,42-30+,43-39?,44-40?. The highest BCUT2D eigenvalue weighted by atomic mass is 32.2. The number of benzene rings is 4. The Kier molecular flexibility index (Phi) is 13.7. The van der Waals surface area contributed by atoms with Crippen LogP contribution < -0.4 is 5.17 Å². The molecule has 0 bridgehead atoms. The molecule has 24 nitrogen and oxygen atoms in total. The van der Waals surface area contributed by atoms with Crippen molar-refractivity contribution < 1.29 is 66.5 Å². The molecule has 2 aliphatic carbocycles. The Bertz CT molecular complexity index is 3410. The first-order valence-electron chi connectivity index (χ1n) is 17.9. The van der Waals surface area contributed by atoms with Gasteiger partial charge >= 0.3 is 0 Å². The van der Waals surface area contributed by atoms with Crippen LogP contribution in [0.15, 0.2) is 197 Å². The summed E-state index contributed by atoms with van der Waals surface area (Å²) < 4.78 is 133. The Morgan fingerprint density at radius 2 is 0.879 bits per heavy atom. The Labute approximate surface area is 373 Å².